The fraction of sp³-hybridized carbons (Fsp3) is 0.636. The number of likely N-dealkylation sites (N-methyl/N-ethyl adjacent to an activating group) is 1. The Morgan fingerprint density at radius 2 is 2.06 bits per heavy atom. The summed E-state index contributed by atoms with van der Waals surface area (Å²) in [6.45, 7) is 8.62. The number of quaternary nitrogens is 1. The molecule has 0 fully saturated rings. The summed E-state index contributed by atoms with van der Waals surface area (Å²) in [6, 6.07) is 0. The predicted molar refractivity (Wildman–Crippen MR) is 69.5 cm³/mol. The first-order chi connectivity index (χ1) is 8.76. The summed E-state index contributed by atoms with van der Waals surface area (Å²) in [7, 11) is 1.83. The van der Waals surface area contributed by atoms with Crippen LogP contribution < -0.4 is 10.2 Å². The van der Waals surface area contributed by atoms with E-state index in [1.54, 1.807) is 9.58 Å². The van der Waals surface area contributed by atoms with Crippen LogP contribution in [0.1, 0.15) is 13.8 Å². The van der Waals surface area contributed by atoms with Crippen LogP contribution >= 0.6 is 0 Å². The monoisotopic (exact) mass is 250 g/mol. The highest BCUT2D eigenvalue weighted by Gasteiger charge is 2.09. The van der Waals surface area contributed by atoms with Crippen LogP contribution in [0.5, 0.6) is 0 Å². The van der Waals surface area contributed by atoms with E-state index in [0.29, 0.717) is 0 Å². The van der Waals surface area contributed by atoms with E-state index >= 15 is 0 Å². The van der Waals surface area contributed by atoms with Gasteiger partial charge in [-0.1, -0.05) is 5.21 Å². The van der Waals surface area contributed by atoms with Crippen LogP contribution in [0.3, 0.4) is 0 Å². The van der Waals surface area contributed by atoms with E-state index < -0.39 is 0 Å². The topological polar surface area (TPSA) is 73.0 Å². The van der Waals surface area contributed by atoms with Gasteiger partial charge in [0.25, 0.3) is 0 Å². The number of rotatable bonds is 6. The normalized spacial score (nSPS) is 11.3. The molecule has 18 heavy (non-hydrogen) atoms. The third-order valence-corrected chi connectivity index (χ3v) is 3.16. The molecule has 2 heterocycles. The number of nitrogens with zero attached hydrogens (tertiary/aromatic N) is 5. The largest absolute Gasteiger partial charge is 0.362 e. The summed E-state index contributed by atoms with van der Waals surface area (Å²) in [5.74, 6) is 0.764. The Bertz CT molecular complexity index is 503. The van der Waals surface area contributed by atoms with Gasteiger partial charge in [0.2, 0.25) is 0 Å². The molecule has 0 saturated carbocycles. The first-order valence-corrected chi connectivity index (χ1v) is 6.34. The number of fused-ring (bicyclic) bond motifs is 1. The van der Waals surface area contributed by atoms with Gasteiger partial charge in [0.1, 0.15) is 6.33 Å². The fourth-order valence-electron chi connectivity index (χ4n) is 1.94. The molecule has 0 atom stereocenters. The second-order valence-electron chi connectivity index (χ2n) is 4.24. The standard InChI is InChI=1S/C11H19N7/c1-4-18(5-2)7-6-12-10-9-11(14-8-13-10)17(3)16-15-9/h8H,4-7H2,1-3H3,(H,12,13,14)/p+1. The van der Waals surface area contributed by atoms with E-state index in [1.807, 2.05) is 7.05 Å². The number of aromatic nitrogens is 5. The highest BCUT2D eigenvalue weighted by atomic mass is 15.4. The molecule has 0 aromatic carbocycles. The van der Waals surface area contributed by atoms with Crippen LogP contribution in [0, 0.1) is 0 Å². The first kappa shape index (κ1) is 12.7. The van der Waals surface area contributed by atoms with Crippen LogP contribution in [0.2, 0.25) is 0 Å². The SMILES string of the molecule is CC[NH+](CC)CCNc1ncnc2c1nnn2C. The molecule has 0 unspecified atom stereocenters. The van der Waals surface area contributed by atoms with Gasteiger partial charge in [-0.2, -0.15) is 0 Å². The number of hydrogen-bond acceptors (Lipinski definition) is 5. The number of hydrogen-bond donors (Lipinski definition) is 2. The van der Waals surface area contributed by atoms with Gasteiger partial charge in [0, 0.05) is 7.05 Å². The van der Waals surface area contributed by atoms with Crippen LogP contribution in [0.25, 0.3) is 11.2 Å². The van der Waals surface area contributed by atoms with Crippen molar-refractivity contribution in [3.8, 4) is 0 Å². The van der Waals surface area contributed by atoms with Gasteiger partial charge in [-0.3, -0.25) is 0 Å². The minimum atomic E-state index is 0.731. The molecule has 0 radical (unpaired) electrons. The number of nitrogens with one attached hydrogen (secondary N) is 2. The molecule has 0 spiro atoms. The van der Waals surface area contributed by atoms with Crippen LogP contribution in [-0.2, 0) is 7.05 Å². The summed E-state index contributed by atoms with van der Waals surface area (Å²) in [5, 5.41) is 11.3. The van der Waals surface area contributed by atoms with Gasteiger partial charge in [0.15, 0.2) is 17.0 Å². The zero-order valence-corrected chi connectivity index (χ0v) is 11.1. The molecule has 7 heteroatoms. The van der Waals surface area contributed by atoms with Crippen LogP contribution in [0.15, 0.2) is 6.33 Å². The highest BCUT2D eigenvalue weighted by Crippen LogP contribution is 2.13. The molecule has 2 N–H and O–H groups in total. The Morgan fingerprint density at radius 1 is 1.28 bits per heavy atom. The van der Waals surface area contributed by atoms with Gasteiger partial charge in [-0.15, -0.1) is 5.10 Å². The Labute approximate surface area is 106 Å². The summed E-state index contributed by atoms with van der Waals surface area (Å²) in [4.78, 5) is 9.94. The zero-order valence-electron chi connectivity index (χ0n) is 11.1. The van der Waals surface area contributed by atoms with E-state index in [1.165, 1.54) is 6.33 Å². The highest BCUT2D eigenvalue weighted by molar-refractivity contribution is 5.81. The average Bonchev–Trinajstić information content (AvgIpc) is 2.78. The summed E-state index contributed by atoms with van der Waals surface area (Å²) in [6.07, 6.45) is 1.54. The predicted octanol–water partition coefficient (Wildman–Crippen LogP) is -0.905. The van der Waals surface area contributed by atoms with Gasteiger partial charge in [0.05, 0.1) is 26.2 Å². The van der Waals surface area contributed by atoms with Crippen molar-refractivity contribution < 1.29 is 4.90 Å². The summed E-state index contributed by atoms with van der Waals surface area (Å²) in [5.41, 5.74) is 1.48. The lowest BCUT2D eigenvalue weighted by Crippen LogP contribution is -3.12. The Kier molecular flexibility index (Phi) is 4.03. The van der Waals surface area contributed by atoms with Crippen molar-refractivity contribution in [2.45, 2.75) is 13.8 Å². The lowest BCUT2D eigenvalue weighted by molar-refractivity contribution is -0.894. The summed E-state index contributed by atoms with van der Waals surface area (Å²) < 4.78 is 1.65. The van der Waals surface area contributed by atoms with E-state index in [0.717, 1.165) is 43.2 Å². The molecule has 0 aliphatic carbocycles. The van der Waals surface area contributed by atoms with E-state index in [4.69, 9.17) is 0 Å². The van der Waals surface area contributed by atoms with E-state index in [9.17, 15) is 0 Å². The molecule has 2 aromatic rings. The molecule has 0 bridgehead atoms. The smallest absolute Gasteiger partial charge is 0.183 e. The van der Waals surface area contributed by atoms with E-state index in [2.05, 4.69) is 39.4 Å². The third-order valence-electron chi connectivity index (χ3n) is 3.16. The second kappa shape index (κ2) is 5.72. The first-order valence-electron chi connectivity index (χ1n) is 6.34. The molecule has 0 saturated heterocycles. The van der Waals surface area contributed by atoms with Crippen molar-refractivity contribution in [3.63, 3.8) is 0 Å². The maximum atomic E-state index is 4.22. The Balaban J connectivity index is 2.03. The van der Waals surface area contributed by atoms with Crippen molar-refractivity contribution in [1.82, 2.24) is 25.0 Å². The van der Waals surface area contributed by atoms with Crippen molar-refractivity contribution in [1.29, 1.82) is 0 Å². The molecule has 0 aliphatic heterocycles. The Morgan fingerprint density at radius 3 is 2.78 bits per heavy atom. The van der Waals surface area contributed by atoms with Crippen molar-refractivity contribution in [2.75, 3.05) is 31.5 Å². The number of aryl methyl sites for hydroxylation is 1. The van der Waals surface area contributed by atoms with Gasteiger partial charge < -0.3 is 10.2 Å². The lowest BCUT2D eigenvalue weighted by atomic mass is 10.4. The van der Waals surface area contributed by atoms with Crippen LogP contribution in [-0.4, -0.2) is 51.1 Å². The molecule has 0 amide bonds. The minimum Gasteiger partial charge on any atom is -0.362 e. The third kappa shape index (κ3) is 2.56. The Hall–Kier alpha value is -1.76. The fourth-order valence-corrected chi connectivity index (χ4v) is 1.94. The van der Waals surface area contributed by atoms with Crippen molar-refractivity contribution in [3.05, 3.63) is 6.33 Å². The maximum absolute atomic E-state index is 4.22. The molecule has 98 valence electrons. The second-order valence-corrected chi connectivity index (χ2v) is 4.24. The maximum Gasteiger partial charge on any atom is 0.183 e. The minimum absolute atomic E-state index is 0.731. The van der Waals surface area contributed by atoms with Gasteiger partial charge in [-0.25, -0.2) is 14.6 Å². The zero-order chi connectivity index (χ0) is 13.0. The molecule has 0 aliphatic rings. The van der Waals surface area contributed by atoms with Crippen LogP contribution in [0.4, 0.5) is 5.82 Å². The average molecular weight is 250 g/mol. The number of anilines is 1. The van der Waals surface area contributed by atoms with Crippen molar-refractivity contribution in [2.24, 2.45) is 7.05 Å². The molecular formula is C11H20N7+. The van der Waals surface area contributed by atoms with E-state index in [-0.39, 0.29) is 0 Å². The molecular weight excluding hydrogens is 230 g/mol. The van der Waals surface area contributed by atoms with Gasteiger partial charge >= 0.3 is 0 Å². The quantitative estimate of drug-likeness (QED) is 0.695. The van der Waals surface area contributed by atoms with Crippen molar-refractivity contribution >= 4 is 17.0 Å². The van der Waals surface area contributed by atoms with Gasteiger partial charge in [-0.05, 0) is 13.8 Å². The molecule has 7 nitrogen and oxygen atoms in total. The summed E-state index contributed by atoms with van der Waals surface area (Å²) >= 11 is 0. The molecule has 2 aromatic heterocycles. The lowest BCUT2D eigenvalue weighted by Gasteiger charge is -2.15. The molecule has 2 rings (SSSR count).